The molecule has 5 nitrogen and oxygen atoms in total. The predicted molar refractivity (Wildman–Crippen MR) is 106 cm³/mol. The Hall–Kier alpha value is -0.640. The van der Waals surface area contributed by atoms with Crippen LogP contribution in [-0.2, 0) is 0 Å². The third kappa shape index (κ3) is 6.70. The van der Waals surface area contributed by atoms with E-state index >= 15 is 0 Å². The summed E-state index contributed by atoms with van der Waals surface area (Å²) in [7, 11) is 0. The molecule has 2 rings (SSSR count). The van der Waals surface area contributed by atoms with Crippen LogP contribution in [0.5, 0.6) is 0 Å². The lowest BCUT2D eigenvalue weighted by atomic mass is 10.1. The summed E-state index contributed by atoms with van der Waals surface area (Å²) in [6, 6.07) is 3.58. The molecule has 0 bridgehead atoms. The molecule has 0 radical (unpaired) electrons. The van der Waals surface area contributed by atoms with Crippen molar-refractivity contribution in [1.82, 2.24) is 10.3 Å². The number of carbonyl (C=O) groups excluding carboxylic acids is 1. The highest BCUT2D eigenvalue weighted by molar-refractivity contribution is 8.01. The first-order valence-corrected chi connectivity index (χ1v) is 9.84. The van der Waals surface area contributed by atoms with Gasteiger partial charge in [0, 0.05) is 23.2 Å². The Kier molecular flexibility index (Phi) is 8.17. The fourth-order valence-corrected chi connectivity index (χ4v) is 4.37. The van der Waals surface area contributed by atoms with Crippen molar-refractivity contribution in [2.75, 3.05) is 12.3 Å². The number of primary amides is 1. The van der Waals surface area contributed by atoms with Crippen molar-refractivity contribution in [1.29, 1.82) is 0 Å². The smallest absolute Gasteiger partial charge is 0.258 e. The van der Waals surface area contributed by atoms with Gasteiger partial charge >= 0.3 is 0 Å². The van der Waals surface area contributed by atoms with Gasteiger partial charge in [-0.2, -0.15) is 0 Å². The monoisotopic (exact) mass is 407 g/mol. The Morgan fingerprint density at radius 2 is 2.17 bits per heavy atom. The number of thiophene rings is 1. The van der Waals surface area contributed by atoms with Crippen molar-refractivity contribution in [3.05, 3.63) is 22.4 Å². The number of carbonyl (C=O) groups is 1. The lowest BCUT2D eigenvalue weighted by molar-refractivity contribution is 0.100. The first-order chi connectivity index (χ1) is 10.7. The van der Waals surface area contributed by atoms with Crippen LogP contribution in [0, 0.1) is 0 Å². The fraction of sp³-hybridized carbons (Fsp3) is 0.467. The van der Waals surface area contributed by atoms with Gasteiger partial charge < -0.3 is 16.2 Å². The highest BCUT2D eigenvalue weighted by Gasteiger charge is 2.14. The minimum Gasteiger partial charge on any atom is -0.391 e. The molecule has 0 aliphatic heterocycles. The number of aromatic nitrogens is 1. The lowest BCUT2D eigenvalue weighted by Gasteiger charge is -2.22. The third-order valence-corrected chi connectivity index (χ3v) is 6.14. The standard InChI is InChI=1S/C15H21N3O2S3.ClH/c1-15(2,3)17-6-9(19)7-21-14-18-10(8-22-14)11-4-5-12(23-11)13(16)20;/h4-5,8-9,17,19H,6-7H2,1-3H3,(H2,16,20);1H. The van der Waals surface area contributed by atoms with Gasteiger partial charge in [-0.1, -0.05) is 11.8 Å². The minimum absolute atomic E-state index is 0. The van der Waals surface area contributed by atoms with Crippen LogP contribution in [0.3, 0.4) is 0 Å². The van der Waals surface area contributed by atoms with Crippen LogP contribution in [0.1, 0.15) is 30.4 Å². The topological polar surface area (TPSA) is 88.2 Å². The molecular weight excluding hydrogens is 386 g/mol. The molecule has 134 valence electrons. The van der Waals surface area contributed by atoms with E-state index in [0.717, 1.165) is 14.9 Å². The Labute approximate surface area is 160 Å². The summed E-state index contributed by atoms with van der Waals surface area (Å²) in [4.78, 5) is 17.1. The number of nitrogens with two attached hydrogens (primary N) is 1. The summed E-state index contributed by atoms with van der Waals surface area (Å²) in [5, 5.41) is 15.2. The Balaban J connectivity index is 0.00000288. The van der Waals surface area contributed by atoms with Crippen molar-refractivity contribution in [3.63, 3.8) is 0 Å². The Bertz CT molecular complexity index is 667. The van der Waals surface area contributed by atoms with Crippen molar-refractivity contribution < 1.29 is 9.90 Å². The van der Waals surface area contributed by atoms with Gasteiger partial charge in [-0.15, -0.1) is 35.1 Å². The minimum atomic E-state index is -0.422. The number of thioether (sulfide) groups is 1. The molecular formula is C15H22ClN3O2S3. The quantitative estimate of drug-likeness (QED) is 0.613. The number of halogens is 1. The summed E-state index contributed by atoms with van der Waals surface area (Å²) in [5.41, 5.74) is 6.11. The van der Waals surface area contributed by atoms with Gasteiger partial charge in [0.1, 0.15) is 0 Å². The molecule has 0 aliphatic carbocycles. The fourth-order valence-electron chi connectivity index (χ4n) is 1.70. The molecule has 0 saturated heterocycles. The number of aliphatic hydroxyl groups is 1. The number of rotatable bonds is 7. The van der Waals surface area contributed by atoms with E-state index in [2.05, 4.69) is 31.1 Å². The summed E-state index contributed by atoms with van der Waals surface area (Å²) >= 11 is 4.42. The average Bonchev–Trinajstić information content (AvgIpc) is 3.10. The Morgan fingerprint density at radius 3 is 2.75 bits per heavy atom. The number of amides is 1. The maximum atomic E-state index is 11.1. The van der Waals surface area contributed by atoms with Crippen LogP contribution in [0.15, 0.2) is 21.9 Å². The first kappa shape index (κ1) is 21.4. The average molecular weight is 408 g/mol. The largest absolute Gasteiger partial charge is 0.391 e. The normalized spacial score (nSPS) is 12.7. The van der Waals surface area contributed by atoms with E-state index < -0.39 is 12.0 Å². The lowest BCUT2D eigenvalue weighted by Crippen LogP contribution is -2.41. The van der Waals surface area contributed by atoms with Gasteiger partial charge in [0.25, 0.3) is 5.91 Å². The van der Waals surface area contributed by atoms with Crippen molar-refractivity contribution >= 4 is 52.7 Å². The molecule has 2 heterocycles. The number of nitrogens with one attached hydrogen (secondary N) is 1. The van der Waals surface area contributed by atoms with Gasteiger partial charge in [0.15, 0.2) is 4.34 Å². The molecule has 1 atom stereocenters. The van der Waals surface area contributed by atoms with Crippen LogP contribution in [0.25, 0.3) is 10.6 Å². The second-order valence-corrected chi connectivity index (χ2v) is 9.33. The highest BCUT2D eigenvalue weighted by Crippen LogP contribution is 2.32. The molecule has 9 heteroatoms. The zero-order valence-electron chi connectivity index (χ0n) is 13.7. The molecule has 2 aromatic rings. The van der Waals surface area contributed by atoms with Crippen LogP contribution in [0.2, 0.25) is 0 Å². The van der Waals surface area contributed by atoms with E-state index in [9.17, 15) is 9.90 Å². The van der Waals surface area contributed by atoms with Crippen LogP contribution < -0.4 is 11.1 Å². The van der Waals surface area contributed by atoms with Gasteiger partial charge in [0.05, 0.1) is 21.6 Å². The summed E-state index contributed by atoms with van der Waals surface area (Å²) in [6.07, 6.45) is -0.422. The molecule has 1 amide bonds. The number of β-amino-alcohol motifs (C(OH)–C–C–N with tert-alkyl or cyclic N) is 1. The number of hydrogen-bond donors (Lipinski definition) is 3. The van der Waals surface area contributed by atoms with Gasteiger partial charge in [0.2, 0.25) is 0 Å². The number of thiazole rings is 1. The molecule has 24 heavy (non-hydrogen) atoms. The number of nitrogens with zero attached hydrogens (tertiary/aromatic N) is 1. The summed E-state index contributed by atoms with van der Waals surface area (Å²) in [6.45, 7) is 6.77. The van der Waals surface area contributed by atoms with Crippen molar-refractivity contribution in [3.8, 4) is 10.6 Å². The molecule has 0 aliphatic rings. The Morgan fingerprint density at radius 1 is 1.46 bits per heavy atom. The second-order valence-electron chi connectivity index (χ2n) is 6.12. The molecule has 0 fully saturated rings. The van der Waals surface area contributed by atoms with Crippen LogP contribution in [-0.4, -0.2) is 39.9 Å². The SMILES string of the molecule is CC(C)(C)NCC(O)CSc1nc(-c2ccc(C(N)=O)s2)cs1.Cl. The maximum Gasteiger partial charge on any atom is 0.258 e. The van der Waals surface area contributed by atoms with E-state index in [1.807, 2.05) is 11.4 Å². The van der Waals surface area contributed by atoms with Crippen molar-refractivity contribution in [2.24, 2.45) is 5.73 Å². The molecule has 2 aromatic heterocycles. The number of aliphatic hydroxyl groups excluding tert-OH is 1. The number of hydrogen-bond acceptors (Lipinski definition) is 7. The molecule has 0 aromatic carbocycles. The zero-order chi connectivity index (χ0) is 17.0. The molecule has 0 saturated carbocycles. The van der Waals surface area contributed by atoms with Crippen molar-refractivity contribution in [2.45, 2.75) is 36.8 Å². The van der Waals surface area contributed by atoms with Crippen LogP contribution >= 0.6 is 46.8 Å². The third-order valence-electron chi connectivity index (χ3n) is 2.85. The van der Waals surface area contributed by atoms with Gasteiger partial charge in [-0.3, -0.25) is 4.79 Å². The van der Waals surface area contributed by atoms with E-state index in [4.69, 9.17) is 5.73 Å². The second kappa shape index (κ2) is 9.17. The van der Waals surface area contributed by atoms with E-state index in [-0.39, 0.29) is 17.9 Å². The molecule has 4 N–H and O–H groups in total. The summed E-state index contributed by atoms with van der Waals surface area (Å²) < 4.78 is 0.906. The van der Waals surface area contributed by atoms with Gasteiger partial charge in [-0.05, 0) is 32.9 Å². The zero-order valence-corrected chi connectivity index (χ0v) is 17.0. The maximum absolute atomic E-state index is 11.1. The highest BCUT2D eigenvalue weighted by atomic mass is 35.5. The van der Waals surface area contributed by atoms with Crippen LogP contribution in [0.4, 0.5) is 0 Å². The van der Waals surface area contributed by atoms with E-state index in [1.54, 1.807) is 6.07 Å². The first-order valence-electron chi connectivity index (χ1n) is 7.16. The van der Waals surface area contributed by atoms with E-state index in [0.29, 0.717) is 17.2 Å². The summed E-state index contributed by atoms with van der Waals surface area (Å²) in [5.74, 6) is 0.174. The van der Waals surface area contributed by atoms with Gasteiger partial charge in [-0.25, -0.2) is 4.98 Å². The van der Waals surface area contributed by atoms with E-state index in [1.165, 1.54) is 34.4 Å². The molecule has 0 spiro atoms. The molecule has 1 unspecified atom stereocenters. The predicted octanol–water partition coefficient (Wildman–Crippen LogP) is 3.23.